The van der Waals surface area contributed by atoms with Crippen molar-refractivity contribution in [2.45, 2.75) is 11.9 Å². The van der Waals surface area contributed by atoms with Gasteiger partial charge in [0.15, 0.2) is 0 Å². The van der Waals surface area contributed by atoms with Crippen LogP contribution in [0.15, 0.2) is 17.2 Å². The predicted molar refractivity (Wildman–Crippen MR) is 53.1 cm³/mol. The van der Waals surface area contributed by atoms with Crippen molar-refractivity contribution in [1.29, 1.82) is 0 Å². The van der Waals surface area contributed by atoms with Gasteiger partial charge >= 0.3 is 0 Å². The van der Waals surface area contributed by atoms with Crippen LogP contribution in [0.2, 0.25) is 0 Å². The zero-order valence-corrected chi connectivity index (χ0v) is 8.05. The zero-order valence-electron chi connectivity index (χ0n) is 5.66. The van der Waals surface area contributed by atoms with Gasteiger partial charge in [0.2, 0.25) is 0 Å². The van der Waals surface area contributed by atoms with Crippen molar-refractivity contribution in [2.24, 2.45) is 5.73 Å². The SMILES string of the molecule is NC1SC=C(CC=C=S)N1Cl. The molecule has 0 aliphatic carbocycles. The molecule has 1 aliphatic heterocycles. The Labute approximate surface area is 80.2 Å². The minimum atomic E-state index is -0.162. The lowest BCUT2D eigenvalue weighted by Crippen LogP contribution is -2.27. The van der Waals surface area contributed by atoms with Crippen molar-refractivity contribution >= 4 is 40.8 Å². The molecule has 1 aliphatic rings. The van der Waals surface area contributed by atoms with E-state index in [0.29, 0.717) is 6.42 Å². The standard InChI is InChI=1S/C6H7ClN2S2/c7-9-5(2-1-3-10)4-11-6(9)8/h1,4,6H,2,8H2. The summed E-state index contributed by atoms with van der Waals surface area (Å²) in [4.78, 5) is 0. The smallest absolute Gasteiger partial charge is 0.144 e. The Morgan fingerprint density at radius 1 is 2.00 bits per heavy atom. The highest BCUT2D eigenvalue weighted by atomic mass is 35.5. The first kappa shape index (κ1) is 9.10. The Morgan fingerprint density at radius 3 is 3.18 bits per heavy atom. The largest absolute Gasteiger partial charge is 0.301 e. The summed E-state index contributed by atoms with van der Waals surface area (Å²) >= 11 is 11.8. The Balaban J connectivity index is 2.53. The maximum absolute atomic E-state index is 5.80. The molecule has 1 rings (SSSR count). The Morgan fingerprint density at radius 2 is 2.73 bits per heavy atom. The molecule has 0 aromatic heterocycles. The van der Waals surface area contributed by atoms with E-state index >= 15 is 0 Å². The molecule has 0 amide bonds. The second-order valence-electron chi connectivity index (χ2n) is 1.97. The third-order valence-corrected chi connectivity index (χ3v) is 2.84. The lowest BCUT2D eigenvalue weighted by atomic mass is 10.3. The monoisotopic (exact) mass is 206 g/mol. The molecule has 1 unspecified atom stereocenters. The molecule has 0 aromatic carbocycles. The molecule has 0 radical (unpaired) electrons. The van der Waals surface area contributed by atoms with E-state index in [-0.39, 0.29) is 5.50 Å². The summed E-state index contributed by atoms with van der Waals surface area (Å²) in [5, 5.41) is 4.44. The third kappa shape index (κ3) is 2.22. The van der Waals surface area contributed by atoms with Crippen molar-refractivity contribution < 1.29 is 0 Å². The van der Waals surface area contributed by atoms with Crippen molar-refractivity contribution in [3.05, 3.63) is 17.2 Å². The molecule has 60 valence electrons. The molecule has 2 N–H and O–H groups in total. The highest BCUT2D eigenvalue weighted by Crippen LogP contribution is 2.30. The lowest BCUT2D eigenvalue weighted by Gasteiger charge is -2.15. The van der Waals surface area contributed by atoms with E-state index in [1.165, 1.54) is 16.2 Å². The van der Waals surface area contributed by atoms with Gasteiger partial charge in [-0.3, -0.25) is 4.42 Å². The Bertz CT molecular complexity index is 223. The van der Waals surface area contributed by atoms with Gasteiger partial charge < -0.3 is 5.73 Å². The van der Waals surface area contributed by atoms with Crippen LogP contribution < -0.4 is 5.73 Å². The number of rotatable bonds is 2. The Hall–Kier alpha value is 0.01000. The molecular formula is C6H7ClN2S2. The zero-order chi connectivity index (χ0) is 8.27. The van der Waals surface area contributed by atoms with Crippen LogP contribution in [-0.2, 0) is 0 Å². The number of allylic oxidation sites excluding steroid dienone is 1. The number of hydrogen-bond donors (Lipinski definition) is 1. The lowest BCUT2D eigenvalue weighted by molar-refractivity contribution is 0.535. The predicted octanol–water partition coefficient (Wildman–Crippen LogP) is 1.82. The van der Waals surface area contributed by atoms with Gasteiger partial charge in [0.1, 0.15) is 5.50 Å². The normalized spacial score (nSPS) is 22.9. The second-order valence-corrected chi connectivity index (χ2v) is 3.56. The second kappa shape index (κ2) is 4.14. The summed E-state index contributed by atoms with van der Waals surface area (Å²) in [6, 6.07) is 0. The van der Waals surface area contributed by atoms with Gasteiger partial charge in [0.05, 0.1) is 0 Å². The van der Waals surface area contributed by atoms with Gasteiger partial charge in [-0.25, -0.2) is 0 Å². The number of nitrogens with zero attached hydrogens (tertiary/aromatic N) is 1. The summed E-state index contributed by atoms with van der Waals surface area (Å²) in [6.45, 7) is 0. The van der Waals surface area contributed by atoms with Gasteiger partial charge in [0.25, 0.3) is 0 Å². The van der Waals surface area contributed by atoms with Crippen molar-refractivity contribution in [1.82, 2.24) is 4.42 Å². The van der Waals surface area contributed by atoms with Gasteiger partial charge in [-0.05, 0) is 23.7 Å². The van der Waals surface area contributed by atoms with E-state index in [0.717, 1.165) is 5.70 Å². The maximum Gasteiger partial charge on any atom is 0.144 e. The number of nitrogens with two attached hydrogens (primary N) is 1. The number of halogens is 1. The van der Waals surface area contributed by atoms with Crippen LogP contribution in [0.25, 0.3) is 0 Å². The Kier molecular flexibility index (Phi) is 3.43. The number of thioether (sulfide) groups is 1. The van der Waals surface area contributed by atoms with Crippen molar-refractivity contribution in [2.75, 3.05) is 0 Å². The molecule has 1 atom stereocenters. The third-order valence-electron chi connectivity index (χ3n) is 1.24. The van der Waals surface area contributed by atoms with Crippen LogP contribution in [0.3, 0.4) is 0 Å². The van der Waals surface area contributed by atoms with E-state index in [2.05, 4.69) is 17.2 Å². The molecule has 5 heteroatoms. The molecule has 0 spiro atoms. The molecule has 1 heterocycles. The minimum Gasteiger partial charge on any atom is -0.301 e. The van der Waals surface area contributed by atoms with Crippen LogP contribution in [-0.4, -0.2) is 14.9 Å². The molecular weight excluding hydrogens is 200 g/mol. The summed E-state index contributed by atoms with van der Waals surface area (Å²) in [5.41, 5.74) is 6.40. The fourth-order valence-electron chi connectivity index (χ4n) is 0.697. The highest BCUT2D eigenvalue weighted by molar-refractivity contribution is 8.02. The summed E-state index contributed by atoms with van der Waals surface area (Å²) in [5.74, 6) is 0. The average molecular weight is 207 g/mol. The summed E-state index contributed by atoms with van der Waals surface area (Å²) < 4.78 is 1.51. The van der Waals surface area contributed by atoms with Crippen LogP contribution in [0, 0.1) is 0 Å². The number of hydrogen-bond acceptors (Lipinski definition) is 4. The van der Waals surface area contributed by atoms with E-state index in [1.807, 2.05) is 5.41 Å². The van der Waals surface area contributed by atoms with Crippen LogP contribution in [0.4, 0.5) is 0 Å². The number of thiocarbonyl (C=S) groups is 1. The molecule has 0 saturated carbocycles. The van der Waals surface area contributed by atoms with Gasteiger partial charge in [-0.15, -0.1) is 0 Å². The van der Waals surface area contributed by atoms with E-state index in [1.54, 1.807) is 6.08 Å². The first-order chi connectivity index (χ1) is 5.25. The van der Waals surface area contributed by atoms with E-state index < -0.39 is 0 Å². The summed E-state index contributed by atoms with van der Waals surface area (Å²) in [6.07, 6.45) is 2.45. The van der Waals surface area contributed by atoms with E-state index in [4.69, 9.17) is 17.5 Å². The van der Waals surface area contributed by atoms with Gasteiger partial charge in [-0.2, -0.15) is 0 Å². The molecule has 0 aromatic rings. The average Bonchev–Trinajstić information content (AvgIpc) is 2.31. The van der Waals surface area contributed by atoms with Crippen LogP contribution >= 0.6 is 35.8 Å². The first-order valence-corrected chi connectivity index (χ1v) is 4.69. The molecule has 11 heavy (non-hydrogen) atoms. The van der Waals surface area contributed by atoms with Crippen molar-refractivity contribution in [3.63, 3.8) is 0 Å². The van der Waals surface area contributed by atoms with Crippen molar-refractivity contribution in [3.8, 4) is 0 Å². The fraction of sp³-hybridized carbons (Fsp3) is 0.333. The summed E-state index contributed by atoms with van der Waals surface area (Å²) in [7, 11) is 0. The minimum absolute atomic E-state index is 0.162. The fourth-order valence-corrected chi connectivity index (χ4v) is 1.84. The van der Waals surface area contributed by atoms with E-state index in [9.17, 15) is 0 Å². The highest BCUT2D eigenvalue weighted by Gasteiger charge is 2.20. The molecule has 0 fully saturated rings. The first-order valence-electron chi connectivity index (χ1n) is 3.00. The van der Waals surface area contributed by atoms with Crippen LogP contribution in [0.1, 0.15) is 6.42 Å². The molecule has 2 nitrogen and oxygen atoms in total. The molecule has 0 saturated heterocycles. The van der Waals surface area contributed by atoms with Crippen LogP contribution in [0.5, 0.6) is 0 Å². The van der Waals surface area contributed by atoms with Gasteiger partial charge in [-0.1, -0.05) is 16.8 Å². The maximum atomic E-state index is 5.80. The van der Waals surface area contributed by atoms with Gasteiger partial charge in [0, 0.05) is 23.9 Å². The topological polar surface area (TPSA) is 29.3 Å². The molecule has 0 bridgehead atoms. The quantitative estimate of drug-likeness (QED) is 0.552.